The summed E-state index contributed by atoms with van der Waals surface area (Å²) in [6.07, 6.45) is 0. The smallest absolute Gasteiger partial charge is 0.210 e. The Morgan fingerprint density at radius 2 is 1.67 bits per heavy atom. The zero-order valence-corrected chi connectivity index (χ0v) is 17.0. The monoisotopic (exact) mass is 379 g/mol. The summed E-state index contributed by atoms with van der Waals surface area (Å²) in [7, 11) is 0. The average Bonchev–Trinajstić information content (AvgIpc) is 3.25. The van der Waals surface area contributed by atoms with Crippen molar-refractivity contribution >= 4 is 29.1 Å². The maximum Gasteiger partial charge on any atom is 0.210 e. The standard InChI is InChI=1S/C22H25N3OS/c1-15(2)17-14-26-20(23-17)22(3,4)25-19-13-9-8-12-18(19)24(21(25)27)16-10-6-5-7-11-16/h5-13,15,17H,14H2,1-4H3. The van der Waals surface area contributed by atoms with Gasteiger partial charge < -0.3 is 9.30 Å². The fourth-order valence-corrected chi connectivity index (χ4v) is 4.21. The Kier molecular flexibility index (Phi) is 4.42. The molecule has 27 heavy (non-hydrogen) atoms. The second-order valence-corrected chi connectivity index (χ2v) is 8.26. The highest BCUT2D eigenvalue weighted by Crippen LogP contribution is 2.32. The molecule has 2 aromatic carbocycles. The molecule has 1 aliphatic rings. The highest BCUT2D eigenvalue weighted by atomic mass is 32.1. The number of aliphatic imine (C=N–C) groups is 1. The second-order valence-electron chi connectivity index (χ2n) is 7.89. The van der Waals surface area contributed by atoms with E-state index >= 15 is 0 Å². The number of benzene rings is 2. The minimum absolute atomic E-state index is 0.205. The minimum atomic E-state index is -0.472. The molecule has 0 amide bonds. The summed E-state index contributed by atoms with van der Waals surface area (Å²) < 4.78 is 11.1. The molecule has 0 saturated heterocycles. The van der Waals surface area contributed by atoms with Crippen molar-refractivity contribution in [1.82, 2.24) is 9.13 Å². The van der Waals surface area contributed by atoms with Gasteiger partial charge in [-0.05, 0) is 56.2 Å². The molecule has 4 nitrogen and oxygen atoms in total. The lowest BCUT2D eigenvalue weighted by Gasteiger charge is -2.26. The van der Waals surface area contributed by atoms with Crippen LogP contribution in [-0.2, 0) is 10.3 Å². The van der Waals surface area contributed by atoms with E-state index in [4.69, 9.17) is 21.9 Å². The first-order valence-electron chi connectivity index (χ1n) is 9.40. The van der Waals surface area contributed by atoms with Crippen molar-refractivity contribution in [2.24, 2.45) is 10.9 Å². The molecule has 5 heteroatoms. The van der Waals surface area contributed by atoms with Crippen molar-refractivity contribution in [2.75, 3.05) is 6.61 Å². The van der Waals surface area contributed by atoms with E-state index in [1.54, 1.807) is 0 Å². The molecule has 3 aromatic rings. The predicted octanol–water partition coefficient (Wildman–Crippen LogP) is 5.35. The van der Waals surface area contributed by atoms with Gasteiger partial charge >= 0.3 is 0 Å². The lowest BCUT2D eigenvalue weighted by molar-refractivity contribution is 0.260. The van der Waals surface area contributed by atoms with Crippen LogP contribution in [-0.4, -0.2) is 27.7 Å². The first-order chi connectivity index (χ1) is 12.9. The highest BCUT2D eigenvalue weighted by molar-refractivity contribution is 7.71. The van der Waals surface area contributed by atoms with Gasteiger partial charge in [0.15, 0.2) is 4.77 Å². The number of nitrogens with zero attached hydrogens (tertiary/aromatic N) is 3. The van der Waals surface area contributed by atoms with Gasteiger partial charge in [-0.1, -0.05) is 44.2 Å². The molecular weight excluding hydrogens is 354 g/mol. The normalized spacial score (nSPS) is 17.4. The third-order valence-electron chi connectivity index (χ3n) is 5.29. The molecule has 0 aliphatic carbocycles. The van der Waals surface area contributed by atoms with Crippen LogP contribution >= 0.6 is 12.2 Å². The predicted molar refractivity (Wildman–Crippen MR) is 113 cm³/mol. The Hall–Kier alpha value is -2.40. The molecule has 0 radical (unpaired) electrons. The number of fused-ring (bicyclic) bond motifs is 1. The SMILES string of the molecule is CC(C)C1COC(C(C)(C)n2c(=S)n(-c3ccccc3)c3ccccc32)=N1. The van der Waals surface area contributed by atoms with E-state index < -0.39 is 5.54 Å². The van der Waals surface area contributed by atoms with Crippen molar-refractivity contribution < 1.29 is 4.74 Å². The quantitative estimate of drug-likeness (QED) is 0.572. The van der Waals surface area contributed by atoms with Gasteiger partial charge in [0, 0.05) is 5.69 Å². The van der Waals surface area contributed by atoms with Crippen molar-refractivity contribution in [2.45, 2.75) is 39.3 Å². The van der Waals surface area contributed by atoms with E-state index in [9.17, 15) is 0 Å². The first kappa shape index (κ1) is 18.0. The number of imidazole rings is 1. The summed E-state index contributed by atoms with van der Waals surface area (Å²) in [4.78, 5) is 4.88. The third kappa shape index (κ3) is 2.90. The average molecular weight is 380 g/mol. The molecule has 0 N–H and O–H groups in total. The van der Waals surface area contributed by atoms with Gasteiger partial charge in [-0.2, -0.15) is 0 Å². The van der Waals surface area contributed by atoms with Crippen molar-refractivity contribution in [1.29, 1.82) is 0 Å². The van der Waals surface area contributed by atoms with E-state index in [1.807, 2.05) is 30.3 Å². The topological polar surface area (TPSA) is 31.4 Å². The summed E-state index contributed by atoms with van der Waals surface area (Å²) in [5.41, 5.74) is 2.75. The molecule has 0 bridgehead atoms. The zero-order chi connectivity index (χ0) is 19.2. The maximum absolute atomic E-state index is 6.04. The zero-order valence-electron chi connectivity index (χ0n) is 16.2. The fourth-order valence-electron chi connectivity index (χ4n) is 3.68. The lowest BCUT2D eigenvalue weighted by atomic mass is 10.0. The Balaban J connectivity index is 1.94. The number of rotatable bonds is 4. The largest absolute Gasteiger partial charge is 0.477 e. The number of ether oxygens (including phenoxy) is 1. The van der Waals surface area contributed by atoms with Crippen LogP contribution in [0.1, 0.15) is 27.7 Å². The molecule has 0 saturated carbocycles. The molecule has 4 rings (SSSR count). The molecule has 1 atom stereocenters. The van der Waals surface area contributed by atoms with Crippen LogP contribution < -0.4 is 0 Å². The molecule has 0 fully saturated rings. The molecule has 1 unspecified atom stereocenters. The van der Waals surface area contributed by atoms with Gasteiger partial charge in [-0.3, -0.25) is 4.57 Å². The van der Waals surface area contributed by atoms with E-state index in [0.717, 1.165) is 27.4 Å². The van der Waals surface area contributed by atoms with Gasteiger partial charge in [0.2, 0.25) is 5.90 Å². The Morgan fingerprint density at radius 1 is 1.04 bits per heavy atom. The van der Waals surface area contributed by atoms with Crippen LogP contribution in [0.2, 0.25) is 0 Å². The summed E-state index contributed by atoms with van der Waals surface area (Å²) in [5.74, 6) is 1.21. The summed E-state index contributed by atoms with van der Waals surface area (Å²) >= 11 is 5.95. The van der Waals surface area contributed by atoms with Gasteiger partial charge in [-0.25, -0.2) is 4.99 Å². The maximum atomic E-state index is 6.04. The van der Waals surface area contributed by atoms with Crippen LogP contribution in [0, 0.1) is 10.7 Å². The van der Waals surface area contributed by atoms with E-state index in [0.29, 0.717) is 12.5 Å². The molecule has 1 aliphatic heterocycles. The first-order valence-corrected chi connectivity index (χ1v) is 9.81. The Morgan fingerprint density at radius 3 is 2.30 bits per heavy atom. The van der Waals surface area contributed by atoms with Gasteiger partial charge in [0.05, 0.1) is 17.1 Å². The minimum Gasteiger partial charge on any atom is -0.477 e. The number of hydrogen-bond acceptors (Lipinski definition) is 3. The number of para-hydroxylation sites is 3. The number of hydrogen-bond donors (Lipinski definition) is 0. The van der Waals surface area contributed by atoms with Gasteiger partial charge in [0.25, 0.3) is 0 Å². The molecular formula is C22H25N3OS. The van der Waals surface area contributed by atoms with Crippen LogP contribution in [0.15, 0.2) is 59.6 Å². The van der Waals surface area contributed by atoms with Gasteiger partial charge in [0.1, 0.15) is 12.1 Å². The molecule has 1 aromatic heterocycles. The fraction of sp³-hybridized carbons (Fsp3) is 0.364. The summed E-state index contributed by atoms with van der Waals surface area (Å²) in [6.45, 7) is 9.26. The Labute approximate surface area is 165 Å². The van der Waals surface area contributed by atoms with Crippen molar-refractivity contribution in [3.05, 3.63) is 59.4 Å². The second kappa shape index (κ2) is 6.64. The van der Waals surface area contributed by atoms with E-state index in [2.05, 4.69) is 61.1 Å². The molecule has 140 valence electrons. The van der Waals surface area contributed by atoms with Crippen LogP contribution in [0.5, 0.6) is 0 Å². The van der Waals surface area contributed by atoms with E-state index in [1.165, 1.54) is 0 Å². The van der Waals surface area contributed by atoms with Crippen LogP contribution in [0.3, 0.4) is 0 Å². The van der Waals surface area contributed by atoms with Crippen LogP contribution in [0.25, 0.3) is 16.7 Å². The lowest BCUT2D eigenvalue weighted by Crippen LogP contribution is -2.36. The number of aromatic nitrogens is 2. The van der Waals surface area contributed by atoms with Crippen molar-refractivity contribution in [3.63, 3.8) is 0 Å². The highest BCUT2D eigenvalue weighted by Gasteiger charge is 2.37. The Bertz CT molecular complexity index is 1060. The van der Waals surface area contributed by atoms with E-state index in [-0.39, 0.29) is 6.04 Å². The molecule has 0 spiro atoms. The van der Waals surface area contributed by atoms with Crippen LogP contribution in [0.4, 0.5) is 0 Å². The molecule has 2 heterocycles. The third-order valence-corrected chi connectivity index (χ3v) is 5.65. The van der Waals surface area contributed by atoms with Gasteiger partial charge in [-0.15, -0.1) is 0 Å². The summed E-state index contributed by atoms with van der Waals surface area (Å²) in [5, 5.41) is 0. The van der Waals surface area contributed by atoms with Crippen molar-refractivity contribution in [3.8, 4) is 5.69 Å². The summed E-state index contributed by atoms with van der Waals surface area (Å²) in [6, 6.07) is 18.8.